The lowest BCUT2D eigenvalue weighted by molar-refractivity contribution is -0.141. The minimum Gasteiger partial charge on any atom is -0.480 e. The van der Waals surface area contributed by atoms with Gasteiger partial charge in [-0.3, -0.25) is 4.79 Å². The smallest absolute Gasteiger partial charge is 0.328 e. The molecule has 98 valence electrons. The largest absolute Gasteiger partial charge is 0.480 e. The van der Waals surface area contributed by atoms with Crippen LogP contribution in [0.2, 0.25) is 5.15 Å². The van der Waals surface area contributed by atoms with Crippen LogP contribution in [0.1, 0.15) is 17.3 Å². The molecule has 0 spiro atoms. The molecule has 0 saturated heterocycles. The second kappa shape index (κ2) is 6.12. The molecule has 0 bridgehead atoms. The highest BCUT2D eigenvalue weighted by Crippen LogP contribution is 2.18. The topological polar surface area (TPSA) is 99.5 Å². The summed E-state index contributed by atoms with van der Waals surface area (Å²) in [5.41, 5.74) is 0.0259. The number of halogens is 2. The summed E-state index contributed by atoms with van der Waals surface area (Å²) >= 11 is 8.85. The van der Waals surface area contributed by atoms with Crippen molar-refractivity contribution in [3.8, 4) is 0 Å². The van der Waals surface area contributed by atoms with E-state index in [2.05, 4.69) is 26.2 Å². The Morgan fingerprint density at radius 1 is 1.56 bits per heavy atom. The maximum Gasteiger partial charge on any atom is 0.328 e. The van der Waals surface area contributed by atoms with Crippen LogP contribution in [0, 0.1) is 0 Å². The molecule has 0 radical (unpaired) electrons. The van der Waals surface area contributed by atoms with Crippen molar-refractivity contribution >= 4 is 39.4 Å². The molecule has 2 atom stereocenters. The Kier molecular flexibility index (Phi) is 5.06. The first-order chi connectivity index (χ1) is 8.32. The van der Waals surface area contributed by atoms with Crippen LogP contribution < -0.4 is 5.32 Å². The number of nitrogens with zero attached hydrogens (tertiary/aromatic N) is 1. The number of carboxylic acid groups (broad SMARTS) is 1. The van der Waals surface area contributed by atoms with Gasteiger partial charge in [-0.25, -0.2) is 9.78 Å². The van der Waals surface area contributed by atoms with E-state index in [1.165, 1.54) is 19.2 Å². The number of carbonyl (C=O) groups is 2. The van der Waals surface area contributed by atoms with E-state index in [-0.39, 0.29) is 10.7 Å². The highest BCUT2D eigenvalue weighted by Gasteiger charge is 2.26. The fourth-order valence-electron chi connectivity index (χ4n) is 1.19. The number of nitrogens with one attached hydrogen (secondary N) is 1. The number of hydrogen-bond donors (Lipinski definition) is 3. The van der Waals surface area contributed by atoms with Gasteiger partial charge in [0.05, 0.1) is 11.7 Å². The van der Waals surface area contributed by atoms with E-state index in [9.17, 15) is 14.7 Å². The standard InChI is InChI=1S/C10H10BrClN2O4/c1-4(15)7(10(17)18)14-9(16)6-2-5(11)3-13-8(6)12/h2-4,7,15H,1H3,(H,14,16)(H,17,18). The van der Waals surface area contributed by atoms with Gasteiger partial charge in [0.2, 0.25) is 0 Å². The number of hydrogen-bond acceptors (Lipinski definition) is 4. The van der Waals surface area contributed by atoms with Crippen LogP contribution in [0.3, 0.4) is 0 Å². The van der Waals surface area contributed by atoms with Crippen molar-refractivity contribution in [3.63, 3.8) is 0 Å². The first kappa shape index (κ1) is 14.9. The van der Waals surface area contributed by atoms with Crippen molar-refractivity contribution in [1.82, 2.24) is 10.3 Å². The van der Waals surface area contributed by atoms with E-state index < -0.39 is 24.0 Å². The van der Waals surface area contributed by atoms with Crippen LogP contribution in [-0.2, 0) is 4.79 Å². The van der Waals surface area contributed by atoms with E-state index >= 15 is 0 Å². The normalized spacial score (nSPS) is 13.8. The average Bonchev–Trinajstić information content (AvgIpc) is 2.28. The third kappa shape index (κ3) is 3.66. The Morgan fingerprint density at radius 2 is 2.17 bits per heavy atom. The van der Waals surface area contributed by atoms with Crippen molar-refractivity contribution < 1.29 is 19.8 Å². The van der Waals surface area contributed by atoms with Gasteiger partial charge in [0.25, 0.3) is 5.91 Å². The van der Waals surface area contributed by atoms with E-state index in [1.54, 1.807) is 0 Å². The van der Waals surface area contributed by atoms with E-state index in [4.69, 9.17) is 16.7 Å². The van der Waals surface area contributed by atoms with Gasteiger partial charge < -0.3 is 15.5 Å². The van der Waals surface area contributed by atoms with Crippen LogP contribution >= 0.6 is 27.5 Å². The molecule has 0 fully saturated rings. The maximum atomic E-state index is 11.8. The molecule has 0 saturated carbocycles. The lowest BCUT2D eigenvalue weighted by Gasteiger charge is -2.17. The van der Waals surface area contributed by atoms with Crippen LogP contribution in [0.5, 0.6) is 0 Å². The zero-order valence-corrected chi connectivity index (χ0v) is 11.6. The summed E-state index contributed by atoms with van der Waals surface area (Å²) in [5, 5.41) is 20.2. The number of rotatable bonds is 4. The van der Waals surface area contributed by atoms with Crippen LogP contribution in [-0.4, -0.2) is 39.2 Å². The Bertz CT molecular complexity index is 481. The Labute approximate surface area is 116 Å². The Hall–Kier alpha value is -1.18. The fourth-order valence-corrected chi connectivity index (χ4v) is 1.71. The van der Waals surface area contributed by atoms with Gasteiger partial charge in [0, 0.05) is 10.7 Å². The number of pyridine rings is 1. The first-order valence-corrected chi connectivity index (χ1v) is 6.02. The van der Waals surface area contributed by atoms with Crippen LogP contribution in [0.4, 0.5) is 0 Å². The van der Waals surface area contributed by atoms with Crippen LogP contribution in [0.15, 0.2) is 16.7 Å². The molecule has 1 amide bonds. The summed E-state index contributed by atoms with van der Waals surface area (Å²) in [6, 6.07) is -0.00133. The number of aliphatic hydroxyl groups excluding tert-OH is 1. The summed E-state index contributed by atoms with van der Waals surface area (Å²) in [7, 11) is 0. The molecule has 0 aliphatic rings. The molecule has 1 rings (SSSR count). The van der Waals surface area contributed by atoms with Gasteiger partial charge in [0.1, 0.15) is 5.15 Å². The second-order valence-electron chi connectivity index (χ2n) is 3.52. The summed E-state index contributed by atoms with van der Waals surface area (Å²) < 4.78 is 0.529. The lowest BCUT2D eigenvalue weighted by atomic mass is 10.1. The number of aliphatic hydroxyl groups is 1. The van der Waals surface area contributed by atoms with Gasteiger partial charge in [0.15, 0.2) is 6.04 Å². The molecule has 6 nitrogen and oxygen atoms in total. The van der Waals surface area contributed by atoms with Crippen molar-refractivity contribution in [2.24, 2.45) is 0 Å². The predicted octanol–water partition coefficient (Wildman–Crippen LogP) is 1.06. The Balaban J connectivity index is 2.94. The lowest BCUT2D eigenvalue weighted by Crippen LogP contribution is -2.47. The number of carboxylic acids is 1. The monoisotopic (exact) mass is 336 g/mol. The van der Waals surface area contributed by atoms with Crippen molar-refractivity contribution in [2.75, 3.05) is 0 Å². The molecule has 1 heterocycles. The summed E-state index contributed by atoms with van der Waals surface area (Å²) in [4.78, 5) is 26.4. The summed E-state index contributed by atoms with van der Waals surface area (Å²) in [6.07, 6.45) is 0.174. The van der Waals surface area contributed by atoms with Gasteiger partial charge in [-0.15, -0.1) is 0 Å². The molecule has 2 unspecified atom stereocenters. The minimum absolute atomic E-state index is 0.0259. The maximum absolute atomic E-state index is 11.8. The van der Waals surface area contributed by atoms with Crippen molar-refractivity contribution in [2.45, 2.75) is 19.1 Å². The molecular weight excluding hydrogens is 327 g/mol. The third-order valence-corrected chi connectivity index (χ3v) is 2.82. The predicted molar refractivity (Wildman–Crippen MR) is 67.5 cm³/mol. The third-order valence-electron chi connectivity index (χ3n) is 2.09. The van der Waals surface area contributed by atoms with Crippen LogP contribution in [0.25, 0.3) is 0 Å². The van der Waals surface area contributed by atoms with Gasteiger partial charge in [-0.1, -0.05) is 11.6 Å². The zero-order chi connectivity index (χ0) is 13.9. The first-order valence-electron chi connectivity index (χ1n) is 4.85. The SMILES string of the molecule is CC(O)C(NC(=O)c1cc(Br)cnc1Cl)C(=O)O. The quantitative estimate of drug-likeness (QED) is 0.714. The second-order valence-corrected chi connectivity index (χ2v) is 4.80. The minimum atomic E-state index is -1.41. The number of carbonyl (C=O) groups excluding carboxylic acids is 1. The molecule has 3 N–H and O–H groups in total. The summed E-state index contributed by atoms with van der Waals surface area (Å²) in [5.74, 6) is -2.06. The molecule has 1 aromatic rings. The molecule has 8 heteroatoms. The molecule has 18 heavy (non-hydrogen) atoms. The highest BCUT2D eigenvalue weighted by atomic mass is 79.9. The molecule has 0 aliphatic carbocycles. The zero-order valence-electron chi connectivity index (χ0n) is 9.22. The van der Waals surface area contributed by atoms with E-state index in [0.717, 1.165) is 0 Å². The van der Waals surface area contributed by atoms with Crippen molar-refractivity contribution in [1.29, 1.82) is 0 Å². The number of amides is 1. The summed E-state index contributed by atoms with van der Waals surface area (Å²) in [6.45, 7) is 1.26. The highest BCUT2D eigenvalue weighted by molar-refractivity contribution is 9.10. The average molecular weight is 338 g/mol. The van der Waals surface area contributed by atoms with E-state index in [1.807, 2.05) is 0 Å². The molecule has 0 aromatic carbocycles. The number of aliphatic carboxylic acids is 1. The molecular formula is C10H10BrClN2O4. The van der Waals surface area contributed by atoms with Crippen molar-refractivity contribution in [3.05, 3.63) is 27.5 Å². The Morgan fingerprint density at radius 3 is 2.67 bits per heavy atom. The van der Waals surface area contributed by atoms with Gasteiger partial charge >= 0.3 is 5.97 Å². The van der Waals surface area contributed by atoms with Gasteiger partial charge in [-0.05, 0) is 28.9 Å². The number of aromatic nitrogens is 1. The van der Waals surface area contributed by atoms with E-state index in [0.29, 0.717) is 4.47 Å². The fraction of sp³-hybridized carbons (Fsp3) is 0.300. The van der Waals surface area contributed by atoms with Gasteiger partial charge in [-0.2, -0.15) is 0 Å². The molecule has 0 aliphatic heterocycles. The molecule has 1 aromatic heterocycles.